The highest BCUT2D eigenvalue weighted by atomic mass is 32.1. The van der Waals surface area contributed by atoms with Crippen molar-refractivity contribution in [3.8, 4) is 0 Å². The summed E-state index contributed by atoms with van der Waals surface area (Å²) in [5, 5.41) is 7.65. The van der Waals surface area contributed by atoms with Gasteiger partial charge in [0.1, 0.15) is 0 Å². The number of benzene rings is 1. The maximum Gasteiger partial charge on any atom is 0.338 e. The van der Waals surface area contributed by atoms with Gasteiger partial charge in [-0.3, -0.25) is 0 Å². The van der Waals surface area contributed by atoms with Crippen LogP contribution in [0.15, 0.2) is 35.0 Å². The van der Waals surface area contributed by atoms with Crippen LogP contribution in [0.2, 0.25) is 0 Å². The molecule has 2 aromatic rings. The molecule has 0 bridgehead atoms. The largest absolute Gasteiger partial charge is 0.465 e. The smallest absolute Gasteiger partial charge is 0.338 e. The van der Waals surface area contributed by atoms with E-state index in [9.17, 15) is 4.79 Å². The normalized spacial score (nSPS) is 10.4. The highest BCUT2D eigenvalue weighted by Crippen LogP contribution is 2.14. The Morgan fingerprint density at radius 3 is 2.63 bits per heavy atom. The summed E-state index contributed by atoms with van der Waals surface area (Å²) < 4.78 is 4.78. The molecule has 1 heterocycles. The predicted octanol–water partition coefficient (Wildman–Crippen LogP) is 3.13. The van der Waals surface area contributed by atoms with Crippen LogP contribution in [-0.2, 0) is 17.8 Å². The Balaban J connectivity index is 2.00. The Hall–Kier alpha value is -1.65. The highest BCUT2D eigenvalue weighted by Gasteiger charge is 2.10. The predicted molar refractivity (Wildman–Crippen MR) is 77.4 cm³/mol. The molecule has 0 unspecified atom stereocenters. The Bertz CT molecular complexity index is 563. The molecule has 1 aromatic heterocycles. The van der Waals surface area contributed by atoms with Gasteiger partial charge in [0.15, 0.2) is 0 Å². The molecule has 19 heavy (non-hydrogen) atoms. The summed E-state index contributed by atoms with van der Waals surface area (Å²) in [5.74, 6) is -0.288. The highest BCUT2D eigenvalue weighted by molar-refractivity contribution is 7.08. The van der Waals surface area contributed by atoms with E-state index in [1.165, 1.54) is 18.2 Å². The van der Waals surface area contributed by atoms with Gasteiger partial charge in [-0.05, 0) is 40.4 Å². The first-order valence-electron chi connectivity index (χ1n) is 6.11. The molecule has 0 aliphatic rings. The molecular weight excluding hydrogens is 258 g/mol. The lowest BCUT2D eigenvalue weighted by Crippen LogP contribution is -2.16. The van der Waals surface area contributed by atoms with E-state index in [0.29, 0.717) is 12.1 Å². The van der Waals surface area contributed by atoms with Gasteiger partial charge in [0, 0.05) is 13.1 Å². The molecule has 0 radical (unpaired) electrons. The zero-order chi connectivity index (χ0) is 13.7. The summed E-state index contributed by atoms with van der Waals surface area (Å²) in [4.78, 5) is 11.6. The van der Waals surface area contributed by atoms with E-state index < -0.39 is 0 Å². The number of carbonyl (C=O) groups excluding carboxylic acids is 1. The van der Waals surface area contributed by atoms with E-state index in [1.807, 2.05) is 18.2 Å². The fourth-order valence-corrected chi connectivity index (χ4v) is 2.74. The summed E-state index contributed by atoms with van der Waals surface area (Å²) in [6.45, 7) is 3.57. The average molecular weight is 275 g/mol. The lowest BCUT2D eigenvalue weighted by Gasteiger charge is -2.09. The zero-order valence-electron chi connectivity index (χ0n) is 11.1. The quantitative estimate of drug-likeness (QED) is 0.852. The number of carbonyl (C=O) groups is 1. The minimum Gasteiger partial charge on any atom is -0.465 e. The van der Waals surface area contributed by atoms with Gasteiger partial charge in [-0.2, -0.15) is 11.3 Å². The van der Waals surface area contributed by atoms with Crippen LogP contribution in [-0.4, -0.2) is 13.1 Å². The Morgan fingerprint density at radius 2 is 1.95 bits per heavy atom. The summed E-state index contributed by atoms with van der Waals surface area (Å²) >= 11 is 1.71. The third-order valence-electron chi connectivity index (χ3n) is 3.02. The van der Waals surface area contributed by atoms with Gasteiger partial charge in [-0.15, -0.1) is 0 Å². The van der Waals surface area contributed by atoms with Crippen LogP contribution in [0.5, 0.6) is 0 Å². The van der Waals surface area contributed by atoms with E-state index in [2.05, 4.69) is 23.0 Å². The molecular formula is C15H17NO2S. The molecule has 0 aliphatic heterocycles. The summed E-state index contributed by atoms with van der Waals surface area (Å²) in [5.41, 5.74) is 4.20. The Morgan fingerprint density at radius 1 is 1.21 bits per heavy atom. The standard InChI is InChI=1S/C15H17NO2S/c1-11-9-19-10-13(11)8-16-7-12-5-3-4-6-14(12)15(17)18-2/h3-6,9-10,16H,7-8H2,1-2H3. The molecule has 0 saturated carbocycles. The van der Waals surface area contributed by atoms with Crippen LogP contribution >= 0.6 is 11.3 Å². The van der Waals surface area contributed by atoms with Crippen LogP contribution < -0.4 is 5.32 Å². The van der Waals surface area contributed by atoms with Crippen molar-refractivity contribution in [3.63, 3.8) is 0 Å². The topological polar surface area (TPSA) is 38.3 Å². The van der Waals surface area contributed by atoms with Gasteiger partial charge < -0.3 is 10.1 Å². The number of ether oxygens (including phenoxy) is 1. The van der Waals surface area contributed by atoms with Gasteiger partial charge in [0.2, 0.25) is 0 Å². The van der Waals surface area contributed by atoms with Crippen LogP contribution in [0.1, 0.15) is 27.0 Å². The number of aryl methyl sites for hydroxylation is 1. The van der Waals surface area contributed by atoms with Crippen LogP contribution in [0.3, 0.4) is 0 Å². The van der Waals surface area contributed by atoms with Gasteiger partial charge in [-0.1, -0.05) is 18.2 Å². The number of esters is 1. The van der Waals surface area contributed by atoms with Crippen molar-refractivity contribution in [1.29, 1.82) is 0 Å². The summed E-state index contributed by atoms with van der Waals surface area (Å²) in [6.07, 6.45) is 0. The molecule has 0 spiro atoms. The van der Waals surface area contributed by atoms with Crippen molar-refractivity contribution < 1.29 is 9.53 Å². The second kappa shape index (κ2) is 6.50. The number of nitrogens with one attached hydrogen (secondary N) is 1. The molecule has 4 heteroatoms. The first-order valence-corrected chi connectivity index (χ1v) is 7.05. The molecule has 100 valence electrons. The van der Waals surface area contributed by atoms with Crippen molar-refractivity contribution in [3.05, 3.63) is 57.3 Å². The SMILES string of the molecule is COC(=O)c1ccccc1CNCc1cscc1C. The molecule has 0 amide bonds. The summed E-state index contributed by atoms with van der Waals surface area (Å²) in [7, 11) is 1.40. The molecule has 1 N–H and O–H groups in total. The first kappa shape index (κ1) is 13.8. The maximum absolute atomic E-state index is 11.6. The Kier molecular flexibility index (Phi) is 4.71. The van der Waals surface area contributed by atoms with Gasteiger partial charge in [0.25, 0.3) is 0 Å². The van der Waals surface area contributed by atoms with Crippen molar-refractivity contribution in [2.75, 3.05) is 7.11 Å². The molecule has 0 aliphatic carbocycles. The molecule has 1 aromatic carbocycles. The molecule has 0 atom stereocenters. The maximum atomic E-state index is 11.6. The molecule has 3 nitrogen and oxygen atoms in total. The van der Waals surface area contributed by atoms with E-state index in [0.717, 1.165) is 12.1 Å². The zero-order valence-corrected chi connectivity index (χ0v) is 11.9. The van der Waals surface area contributed by atoms with E-state index in [-0.39, 0.29) is 5.97 Å². The lowest BCUT2D eigenvalue weighted by atomic mass is 10.1. The fourth-order valence-electron chi connectivity index (χ4n) is 1.88. The van der Waals surface area contributed by atoms with E-state index >= 15 is 0 Å². The van der Waals surface area contributed by atoms with Crippen LogP contribution in [0, 0.1) is 6.92 Å². The van der Waals surface area contributed by atoms with Gasteiger partial charge in [-0.25, -0.2) is 4.79 Å². The van der Waals surface area contributed by atoms with E-state index in [4.69, 9.17) is 4.74 Å². The number of hydrogen-bond acceptors (Lipinski definition) is 4. The van der Waals surface area contributed by atoms with Crippen molar-refractivity contribution in [2.45, 2.75) is 20.0 Å². The minimum absolute atomic E-state index is 0.288. The van der Waals surface area contributed by atoms with Crippen LogP contribution in [0.4, 0.5) is 0 Å². The second-order valence-corrected chi connectivity index (χ2v) is 5.08. The van der Waals surface area contributed by atoms with Gasteiger partial charge in [0.05, 0.1) is 12.7 Å². The van der Waals surface area contributed by atoms with E-state index in [1.54, 1.807) is 17.4 Å². The van der Waals surface area contributed by atoms with Crippen molar-refractivity contribution >= 4 is 17.3 Å². The third kappa shape index (κ3) is 3.43. The van der Waals surface area contributed by atoms with Crippen LogP contribution in [0.25, 0.3) is 0 Å². The first-order chi connectivity index (χ1) is 9.22. The van der Waals surface area contributed by atoms with Crippen molar-refractivity contribution in [2.24, 2.45) is 0 Å². The fraction of sp³-hybridized carbons (Fsp3) is 0.267. The Labute approximate surface area is 117 Å². The minimum atomic E-state index is -0.288. The lowest BCUT2D eigenvalue weighted by molar-refractivity contribution is 0.0599. The monoisotopic (exact) mass is 275 g/mol. The number of rotatable bonds is 5. The van der Waals surface area contributed by atoms with Crippen molar-refractivity contribution in [1.82, 2.24) is 5.32 Å². The molecule has 0 fully saturated rings. The molecule has 2 rings (SSSR count). The summed E-state index contributed by atoms with van der Waals surface area (Å²) in [6, 6.07) is 7.51. The number of hydrogen-bond donors (Lipinski definition) is 1. The average Bonchev–Trinajstić information content (AvgIpc) is 2.84. The third-order valence-corrected chi connectivity index (χ3v) is 3.93. The molecule has 0 saturated heterocycles. The number of thiophene rings is 1. The second-order valence-electron chi connectivity index (χ2n) is 4.33. The number of methoxy groups -OCH3 is 1. The van der Waals surface area contributed by atoms with Gasteiger partial charge >= 0.3 is 5.97 Å².